The van der Waals surface area contributed by atoms with Crippen molar-refractivity contribution in [3.8, 4) is 23.0 Å². The van der Waals surface area contributed by atoms with E-state index < -0.39 is 0 Å². The second-order valence-corrected chi connectivity index (χ2v) is 8.93. The van der Waals surface area contributed by atoms with Gasteiger partial charge >= 0.3 is 0 Å². The van der Waals surface area contributed by atoms with E-state index in [2.05, 4.69) is 21.2 Å². The van der Waals surface area contributed by atoms with E-state index in [9.17, 15) is 0 Å². The maximum Gasteiger partial charge on any atom is 0.162 e. The van der Waals surface area contributed by atoms with Crippen molar-refractivity contribution >= 4 is 39.1 Å². The highest BCUT2D eigenvalue weighted by Gasteiger charge is 2.12. The van der Waals surface area contributed by atoms with Crippen molar-refractivity contribution in [2.45, 2.75) is 19.6 Å². The minimum absolute atomic E-state index is 0.307. The quantitative estimate of drug-likeness (QED) is 0.267. The van der Waals surface area contributed by atoms with Crippen LogP contribution in [0.25, 0.3) is 0 Å². The summed E-state index contributed by atoms with van der Waals surface area (Å²) < 4.78 is 23.1. The molecule has 3 rings (SSSR count). The summed E-state index contributed by atoms with van der Waals surface area (Å²) in [6.45, 7) is 1.78. The van der Waals surface area contributed by atoms with Crippen LogP contribution < -0.4 is 24.3 Å². The smallest absolute Gasteiger partial charge is 0.162 e. The molecule has 0 bridgehead atoms. The van der Waals surface area contributed by atoms with E-state index in [1.54, 1.807) is 33.5 Å². The van der Waals surface area contributed by atoms with Crippen molar-refractivity contribution in [1.29, 1.82) is 0 Å². The summed E-state index contributed by atoms with van der Waals surface area (Å²) in [6, 6.07) is 15.2. The topological polar surface area (TPSA) is 49.0 Å². The molecule has 0 aliphatic rings. The molecule has 3 aromatic carbocycles. The molecule has 0 amide bonds. The van der Waals surface area contributed by atoms with Gasteiger partial charge < -0.3 is 24.3 Å². The number of hydrogen-bond donors (Lipinski definition) is 1. The lowest BCUT2D eigenvalue weighted by atomic mass is 10.1. The summed E-state index contributed by atoms with van der Waals surface area (Å²) in [5, 5.41) is 4.63. The van der Waals surface area contributed by atoms with Crippen molar-refractivity contribution in [3.63, 3.8) is 0 Å². The van der Waals surface area contributed by atoms with Crippen LogP contribution in [0.2, 0.25) is 10.0 Å². The molecular weight excluding hydrogens is 529 g/mol. The molecule has 0 aliphatic heterocycles. The van der Waals surface area contributed by atoms with Crippen LogP contribution in [0.4, 0.5) is 0 Å². The molecule has 1 N–H and O–H groups in total. The lowest BCUT2D eigenvalue weighted by Gasteiger charge is -2.15. The monoisotopic (exact) mass is 553 g/mol. The SMILES string of the molecule is COc1ccc(CCNCc2cc(OC)c(OCc3ccc(Cl)cc3Cl)cc2Br)cc1OC. The summed E-state index contributed by atoms with van der Waals surface area (Å²) in [7, 11) is 4.90. The summed E-state index contributed by atoms with van der Waals surface area (Å²) in [5.41, 5.74) is 3.08. The standard InChI is InChI=1S/C25H26BrCl2NO4/c1-30-22-7-4-16(10-23(22)31-2)8-9-29-14-18-11-24(32-3)25(13-20(18)26)33-15-17-5-6-19(27)12-21(17)28/h4-7,10-13,29H,8-9,14-15H2,1-3H3. The average Bonchev–Trinajstić information content (AvgIpc) is 2.82. The van der Waals surface area contributed by atoms with E-state index in [4.69, 9.17) is 42.1 Å². The van der Waals surface area contributed by atoms with E-state index in [-0.39, 0.29) is 0 Å². The number of methoxy groups -OCH3 is 3. The Labute approximate surface area is 213 Å². The highest BCUT2D eigenvalue weighted by molar-refractivity contribution is 9.10. The highest BCUT2D eigenvalue weighted by atomic mass is 79.9. The third kappa shape index (κ3) is 6.93. The van der Waals surface area contributed by atoms with Gasteiger partial charge in [-0.1, -0.05) is 51.3 Å². The lowest BCUT2D eigenvalue weighted by molar-refractivity contribution is 0.284. The van der Waals surface area contributed by atoms with Gasteiger partial charge in [0, 0.05) is 26.6 Å². The first kappa shape index (κ1) is 25.5. The van der Waals surface area contributed by atoms with Gasteiger partial charge in [0.1, 0.15) is 6.61 Å². The summed E-state index contributed by atoms with van der Waals surface area (Å²) >= 11 is 15.9. The normalized spacial score (nSPS) is 10.7. The fraction of sp³-hybridized carbons (Fsp3) is 0.280. The molecule has 3 aromatic rings. The van der Waals surface area contributed by atoms with Crippen molar-refractivity contribution in [2.75, 3.05) is 27.9 Å². The Bertz CT molecular complexity index is 1090. The number of hydrogen-bond acceptors (Lipinski definition) is 5. The molecule has 33 heavy (non-hydrogen) atoms. The number of ether oxygens (including phenoxy) is 4. The number of benzene rings is 3. The van der Waals surface area contributed by atoms with Crippen LogP contribution in [-0.4, -0.2) is 27.9 Å². The van der Waals surface area contributed by atoms with Gasteiger partial charge in [0.05, 0.1) is 21.3 Å². The van der Waals surface area contributed by atoms with Gasteiger partial charge in [0.25, 0.3) is 0 Å². The highest BCUT2D eigenvalue weighted by Crippen LogP contribution is 2.35. The van der Waals surface area contributed by atoms with Gasteiger partial charge in [-0.25, -0.2) is 0 Å². The van der Waals surface area contributed by atoms with Crippen molar-refractivity contribution in [2.24, 2.45) is 0 Å². The molecule has 0 spiro atoms. The fourth-order valence-electron chi connectivity index (χ4n) is 3.27. The lowest BCUT2D eigenvalue weighted by Crippen LogP contribution is -2.17. The van der Waals surface area contributed by atoms with Gasteiger partial charge in [0.15, 0.2) is 23.0 Å². The average molecular weight is 555 g/mol. The van der Waals surface area contributed by atoms with E-state index in [1.807, 2.05) is 36.4 Å². The van der Waals surface area contributed by atoms with Crippen LogP contribution in [-0.2, 0) is 19.6 Å². The molecular formula is C25H26BrCl2NO4. The molecule has 0 fully saturated rings. The molecule has 8 heteroatoms. The number of halogens is 3. The zero-order valence-electron chi connectivity index (χ0n) is 18.7. The summed E-state index contributed by atoms with van der Waals surface area (Å²) in [6.07, 6.45) is 0.859. The zero-order chi connectivity index (χ0) is 23.8. The molecule has 0 radical (unpaired) electrons. The fourth-order valence-corrected chi connectivity index (χ4v) is 4.20. The Kier molecular flexibility index (Phi) is 9.56. The minimum atomic E-state index is 0.307. The van der Waals surface area contributed by atoms with Crippen molar-refractivity contribution in [1.82, 2.24) is 5.32 Å². The molecule has 0 saturated carbocycles. The minimum Gasteiger partial charge on any atom is -0.493 e. The Hall–Kier alpha value is -2.12. The van der Waals surface area contributed by atoms with Gasteiger partial charge in [-0.2, -0.15) is 0 Å². The van der Waals surface area contributed by atoms with E-state index in [0.717, 1.165) is 40.1 Å². The molecule has 0 aliphatic carbocycles. The van der Waals surface area contributed by atoms with Crippen LogP contribution in [0.1, 0.15) is 16.7 Å². The molecule has 5 nitrogen and oxygen atoms in total. The van der Waals surface area contributed by atoms with E-state index >= 15 is 0 Å². The second-order valence-electron chi connectivity index (χ2n) is 7.23. The summed E-state index contributed by atoms with van der Waals surface area (Å²) in [5.74, 6) is 2.74. The van der Waals surface area contributed by atoms with Crippen LogP contribution in [0.5, 0.6) is 23.0 Å². The maximum absolute atomic E-state index is 6.25. The van der Waals surface area contributed by atoms with Crippen LogP contribution in [0.3, 0.4) is 0 Å². The van der Waals surface area contributed by atoms with E-state index in [1.165, 1.54) is 5.56 Å². The molecule has 0 atom stereocenters. The maximum atomic E-state index is 6.25. The second kappa shape index (κ2) is 12.4. The third-order valence-electron chi connectivity index (χ3n) is 5.08. The van der Waals surface area contributed by atoms with Crippen LogP contribution >= 0.6 is 39.1 Å². The Balaban J connectivity index is 1.59. The third-order valence-corrected chi connectivity index (χ3v) is 6.41. The number of rotatable bonds is 11. The van der Waals surface area contributed by atoms with Crippen molar-refractivity contribution in [3.05, 3.63) is 79.7 Å². The van der Waals surface area contributed by atoms with E-state index in [0.29, 0.717) is 34.7 Å². The molecule has 0 saturated heterocycles. The van der Waals surface area contributed by atoms with Crippen molar-refractivity contribution < 1.29 is 18.9 Å². The Morgan fingerprint density at radius 2 is 1.52 bits per heavy atom. The van der Waals surface area contributed by atoms with Gasteiger partial charge in [-0.3, -0.25) is 0 Å². The molecule has 0 heterocycles. The van der Waals surface area contributed by atoms with Gasteiger partial charge in [0.2, 0.25) is 0 Å². The predicted octanol–water partition coefficient (Wildman–Crippen LogP) is 6.69. The first-order valence-electron chi connectivity index (χ1n) is 10.3. The van der Waals surface area contributed by atoms with Crippen LogP contribution in [0, 0.1) is 0 Å². The zero-order valence-corrected chi connectivity index (χ0v) is 21.8. The Morgan fingerprint density at radius 3 is 2.21 bits per heavy atom. The molecule has 0 aromatic heterocycles. The number of nitrogens with one attached hydrogen (secondary N) is 1. The first-order chi connectivity index (χ1) is 15.9. The Morgan fingerprint density at radius 1 is 0.788 bits per heavy atom. The largest absolute Gasteiger partial charge is 0.493 e. The van der Waals surface area contributed by atoms with Gasteiger partial charge in [-0.05, 0) is 60.5 Å². The first-order valence-corrected chi connectivity index (χ1v) is 11.8. The molecule has 0 unspecified atom stereocenters. The molecule has 176 valence electrons. The predicted molar refractivity (Wildman–Crippen MR) is 136 cm³/mol. The van der Waals surface area contributed by atoms with Gasteiger partial charge in [-0.15, -0.1) is 0 Å². The summed E-state index contributed by atoms with van der Waals surface area (Å²) in [4.78, 5) is 0. The van der Waals surface area contributed by atoms with Crippen LogP contribution in [0.15, 0.2) is 53.0 Å².